The van der Waals surface area contributed by atoms with Crippen LogP contribution in [-0.2, 0) is 4.84 Å². The van der Waals surface area contributed by atoms with Crippen molar-refractivity contribution in [2.45, 2.75) is 6.92 Å². The van der Waals surface area contributed by atoms with Crippen LogP contribution in [0.15, 0.2) is 36.7 Å². The van der Waals surface area contributed by atoms with Gasteiger partial charge >= 0.3 is 5.97 Å². The Hall–Kier alpha value is -3.55. The Labute approximate surface area is 135 Å². The number of hydrogen-bond acceptors (Lipinski definition) is 6. The Balaban J connectivity index is 1.68. The molecule has 0 fully saturated rings. The number of rotatable bonds is 2. The molecule has 0 spiro atoms. The third-order valence-electron chi connectivity index (χ3n) is 3.66. The van der Waals surface area contributed by atoms with E-state index in [-0.39, 0.29) is 16.7 Å². The molecule has 8 heteroatoms. The van der Waals surface area contributed by atoms with Crippen LogP contribution in [0.1, 0.15) is 36.9 Å². The van der Waals surface area contributed by atoms with Gasteiger partial charge in [-0.2, -0.15) is 0 Å². The number of hydrogen-bond donors (Lipinski definition) is 1. The second-order valence-corrected chi connectivity index (χ2v) is 5.23. The summed E-state index contributed by atoms with van der Waals surface area (Å²) in [6.07, 6.45) is 2.80. The van der Waals surface area contributed by atoms with Gasteiger partial charge in [0.1, 0.15) is 16.9 Å². The van der Waals surface area contributed by atoms with E-state index in [4.69, 9.17) is 4.84 Å². The van der Waals surface area contributed by atoms with Gasteiger partial charge in [-0.25, -0.2) is 9.78 Å². The van der Waals surface area contributed by atoms with Crippen molar-refractivity contribution in [3.05, 3.63) is 59.2 Å². The summed E-state index contributed by atoms with van der Waals surface area (Å²) in [6, 6.07) is 6.27. The number of benzene rings is 1. The number of imide groups is 1. The van der Waals surface area contributed by atoms with Crippen molar-refractivity contribution >= 4 is 28.8 Å². The van der Waals surface area contributed by atoms with Gasteiger partial charge in [-0.1, -0.05) is 17.2 Å². The summed E-state index contributed by atoms with van der Waals surface area (Å²) in [7, 11) is 0. The predicted molar refractivity (Wildman–Crippen MR) is 81.0 cm³/mol. The summed E-state index contributed by atoms with van der Waals surface area (Å²) in [5.74, 6) is -1.63. The molecule has 1 aliphatic rings. The van der Waals surface area contributed by atoms with Crippen molar-refractivity contribution < 1.29 is 19.2 Å². The minimum atomic E-state index is -0.880. The van der Waals surface area contributed by atoms with Gasteiger partial charge in [-0.05, 0) is 19.1 Å². The fourth-order valence-corrected chi connectivity index (χ4v) is 2.59. The zero-order valence-electron chi connectivity index (χ0n) is 12.4. The van der Waals surface area contributed by atoms with Crippen LogP contribution in [0.4, 0.5) is 0 Å². The molecule has 2 aromatic heterocycles. The molecule has 0 unspecified atom stereocenters. The number of aryl methyl sites for hydroxylation is 1. The minimum Gasteiger partial charge on any atom is -0.341 e. The zero-order chi connectivity index (χ0) is 16.8. The van der Waals surface area contributed by atoms with E-state index in [0.29, 0.717) is 21.9 Å². The third kappa shape index (κ3) is 1.97. The lowest BCUT2D eigenvalue weighted by Gasteiger charge is -2.12. The summed E-state index contributed by atoms with van der Waals surface area (Å²) >= 11 is 0. The lowest BCUT2D eigenvalue weighted by atomic mass is 10.1. The van der Waals surface area contributed by atoms with Gasteiger partial charge in [0.2, 0.25) is 0 Å². The predicted octanol–water partition coefficient (Wildman–Crippen LogP) is 1.63. The number of pyridine rings is 1. The van der Waals surface area contributed by atoms with Crippen LogP contribution in [0.2, 0.25) is 0 Å². The molecule has 4 rings (SSSR count). The van der Waals surface area contributed by atoms with Crippen molar-refractivity contribution in [2.75, 3.05) is 0 Å². The first kappa shape index (κ1) is 14.1. The molecule has 0 saturated carbocycles. The van der Waals surface area contributed by atoms with Crippen molar-refractivity contribution in [3.63, 3.8) is 0 Å². The summed E-state index contributed by atoms with van der Waals surface area (Å²) in [4.78, 5) is 53.0. The lowest BCUT2D eigenvalue weighted by molar-refractivity contribution is -0.0583. The highest BCUT2D eigenvalue weighted by Gasteiger charge is 2.39. The number of carbonyl (C=O) groups excluding carboxylic acids is 3. The molecule has 1 aliphatic heterocycles. The SMILES string of the molecule is Cc1nc2c(C(=O)ON3C(=O)c4ccccc4C3=O)cncc2[nH]1. The Kier molecular flexibility index (Phi) is 2.92. The fourth-order valence-electron chi connectivity index (χ4n) is 2.59. The average Bonchev–Trinajstić information content (AvgIpc) is 3.07. The van der Waals surface area contributed by atoms with Gasteiger partial charge in [0.05, 0.1) is 22.8 Å². The van der Waals surface area contributed by atoms with Gasteiger partial charge < -0.3 is 9.82 Å². The van der Waals surface area contributed by atoms with Gasteiger partial charge in [0.15, 0.2) is 0 Å². The Morgan fingerprint density at radius 1 is 1.12 bits per heavy atom. The van der Waals surface area contributed by atoms with Crippen LogP contribution in [0.3, 0.4) is 0 Å². The van der Waals surface area contributed by atoms with Gasteiger partial charge in [-0.3, -0.25) is 14.6 Å². The molecule has 0 atom stereocenters. The van der Waals surface area contributed by atoms with Crippen LogP contribution in [0.25, 0.3) is 11.0 Å². The number of amides is 2. The van der Waals surface area contributed by atoms with E-state index in [1.165, 1.54) is 24.5 Å². The van der Waals surface area contributed by atoms with E-state index < -0.39 is 17.8 Å². The minimum absolute atomic E-state index is 0.0633. The number of fused-ring (bicyclic) bond motifs is 2. The topological polar surface area (TPSA) is 105 Å². The van der Waals surface area contributed by atoms with Crippen molar-refractivity contribution in [1.82, 2.24) is 20.0 Å². The Bertz CT molecular complexity index is 989. The number of H-pyrrole nitrogens is 1. The van der Waals surface area contributed by atoms with Gasteiger partial charge in [0, 0.05) is 6.20 Å². The second kappa shape index (κ2) is 4.98. The van der Waals surface area contributed by atoms with Crippen LogP contribution >= 0.6 is 0 Å². The van der Waals surface area contributed by atoms with Crippen LogP contribution in [0, 0.1) is 6.92 Å². The quantitative estimate of drug-likeness (QED) is 0.719. The first-order chi connectivity index (χ1) is 11.6. The number of hydroxylamine groups is 2. The van der Waals surface area contributed by atoms with Crippen LogP contribution < -0.4 is 0 Å². The average molecular weight is 322 g/mol. The highest BCUT2D eigenvalue weighted by Crippen LogP contribution is 2.24. The largest absolute Gasteiger partial charge is 0.367 e. The molecule has 24 heavy (non-hydrogen) atoms. The number of imidazole rings is 1. The van der Waals surface area contributed by atoms with Crippen molar-refractivity contribution in [2.24, 2.45) is 0 Å². The van der Waals surface area contributed by atoms with Crippen molar-refractivity contribution in [3.8, 4) is 0 Å². The molecular formula is C16H10N4O4. The van der Waals surface area contributed by atoms with E-state index in [2.05, 4.69) is 15.0 Å². The molecule has 0 bridgehead atoms. The number of aromatic amines is 1. The van der Waals surface area contributed by atoms with E-state index >= 15 is 0 Å². The van der Waals surface area contributed by atoms with E-state index in [1.807, 2.05) is 0 Å². The number of nitrogens with one attached hydrogen (secondary N) is 1. The molecule has 3 aromatic rings. The number of carbonyl (C=O) groups is 3. The Morgan fingerprint density at radius 3 is 2.46 bits per heavy atom. The van der Waals surface area contributed by atoms with E-state index in [1.54, 1.807) is 19.1 Å². The number of nitrogens with zero attached hydrogens (tertiary/aromatic N) is 3. The van der Waals surface area contributed by atoms with Gasteiger partial charge in [-0.15, -0.1) is 0 Å². The molecular weight excluding hydrogens is 312 g/mol. The molecule has 118 valence electrons. The normalized spacial score (nSPS) is 13.5. The van der Waals surface area contributed by atoms with E-state index in [9.17, 15) is 14.4 Å². The van der Waals surface area contributed by atoms with Crippen LogP contribution in [0.5, 0.6) is 0 Å². The molecule has 0 saturated heterocycles. The maximum atomic E-state index is 12.4. The maximum absolute atomic E-state index is 12.4. The first-order valence-electron chi connectivity index (χ1n) is 7.06. The molecule has 0 radical (unpaired) electrons. The number of aromatic nitrogens is 3. The second-order valence-electron chi connectivity index (χ2n) is 5.23. The van der Waals surface area contributed by atoms with Crippen molar-refractivity contribution in [1.29, 1.82) is 0 Å². The zero-order valence-corrected chi connectivity index (χ0v) is 12.4. The first-order valence-corrected chi connectivity index (χ1v) is 7.06. The fraction of sp³-hybridized carbons (Fsp3) is 0.0625. The Morgan fingerprint density at radius 2 is 1.79 bits per heavy atom. The highest BCUT2D eigenvalue weighted by molar-refractivity contribution is 6.21. The standard InChI is InChI=1S/C16H10N4O4/c1-8-18-12-7-17-6-11(13(12)19-8)16(23)24-20-14(21)9-4-2-3-5-10(9)15(20)22/h2-7H,1H3,(H,18,19). The highest BCUT2D eigenvalue weighted by atomic mass is 16.7. The molecule has 3 heterocycles. The monoisotopic (exact) mass is 322 g/mol. The molecule has 8 nitrogen and oxygen atoms in total. The maximum Gasteiger partial charge on any atom is 0.367 e. The summed E-state index contributed by atoms with van der Waals surface area (Å²) < 4.78 is 0. The molecule has 1 aromatic carbocycles. The molecule has 0 aliphatic carbocycles. The lowest BCUT2D eigenvalue weighted by Crippen LogP contribution is -2.32. The third-order valence-corrected chi connectivity index (χ3v) is 3.66. The molecule has 1 N–H and O–H groups in total. The molecule has 2 amide bonds. The van der Waals surface area contributed by atoms with Gasteiger partial charge in [0.25, 0.3) is 11.8 Å². The smallest absolute Gasteiger partial charge is 0.341 e. The van der Waals surface area contributed by atoms with Crippen LogP contribution in [-0.4, -0.2) is 37.8 Å². The summed E-state index contributed by atoms with van der Waals surface area (Å²) in [5.41, 5.74) is 1.38. The summed E-state index contributed by atoms with van der Waals surface area (Å²) in [6.45, 7) is 1.74. The van der Waals surface area contributed by atoms with E-state index in [0.717, 1.165) is 0 Å². The summed E-state index contributed by atoms with van der Waals surface area (Å²) in [5, 5.41) is 0.464.